The van der Waals surface area contributed by atoms with E-state index in [1.165, 1.54) is 10.8 Å². The van der Waals surface area contributed by atoms with E-state index in [4.69, 9.17) is 0 Å². The maximum absolute atomic E-state index is 10.7. The zero-order valence-electron chi connectivity index (χ0n) is 11.2. The number of pyridine rings is 1. The number of rotatable bonds is 2. The fourth-order valence-electron chi connectivity index (χ4n) is 2.75. The van der Waals surface area contributed by atoms with Crippen molar-refractivity contribution in [3.63, 3.8) is 0 Å². The Morgan fingerprint density at radius 3 is 2.67 bits per heavy atom. The van der Waals surface area contributed by atoms with E-state index in [0.29, 0.717) is 5.69 Å². The molecule has 0 aliphatic rings. The van der Waals surface area contributed by atoms with Crippen LogP contribution in [0.2, 0.25) is 0 Å². The van der Waals surface area contributed by atoms with Gasteiger partial charge in [0.25, 0.3) is 0 Å². The molecule has 2 aromatic heterocycles. The van der Waals surface area contributed by atoms with Crippen LogP contribution in [-0.4, -0.2) is 10.1 Å². The SMILES string of the molecule is OC(c1ccccn1)c1cc2ccccc2c2ccsc12. The van der Waals surface area contributed by atoms with Crippen LogP contribution < -0.4 is 0 Å². The molecule has 0 saturated carbocycles. The third kappa shape index (κ3) is 2.02. The number of fused-ring (bicyclic) bond motifs is 3. The van der Waals surface area contributed by atoms with E-state index in [9.17, 15) is 5.11 Å². The van der Waals surface area contributed by atoms with E-state index in [-0.39, 0.29) is 0 Å². The van der Waals surface area contributed by atoms with Gasteiger partial charge in [0.15, 0.2) is 0 Å². The summed E-state index contributed by atoms with van der Waals surface area (Å²) in [5.74, 6) is 0. The van der Waals surface area contributed by atoms with Crippen molar-refractivity contribution >= 4 is 32.2 Å². The highest BCUT2D eigenvalue weighted by molar-refractivity contribution is 7.17. The van der Waals surface area contributed by atoms with Crippen LogP contribution >= 0.6 is 11.3 Å². The average Bonchev–Trinajstić information content (AvgIpc) is 3.04. The molecule has 3 heteroatoms. The molecule has 4 aromatic rings. The van der Waals surface area contributed by atoms with Crippen LogP contribution in [0.15, 0.2) is 66.2 Å². The molecule has 1 unspecified atom stereocenters. The number of aliphatic hydroxyl groups excluding tert-OH is 1. The van der Waals surface area contributed by atoms with E-state index >= 15 is 0 Å². The molecule has 0 aliphatic heterocycles. The monoisotopic (exact) mass is 291 g/mol. The Kier molecular flexibility index (Phi) is 2.95. The second-order valence-corrected chi connectivity index (χ2v) is 5.92. The highest BCUT2D eigenvalue weighted by atomic mass is 32.1. The molecule has 2 nitrogen and oxygen atoms in total. The molecule has 21 heavy (non-hydrogen) atoms. The Hall–Kier alpha value is -2.23. The number of thiophene rings is 1. The second kappa shape index (κ2) is 4.95. The molecule has 0 spiro atoms. The summed E-state index contributed by atoms with van der Waals surface area (Å²) in [5.41, 5.74) is 1.61. The Morgan fingerprint density at radius 1 is 0.952 bits per heavy atom. The molecule has 2 heterocycles. The Bertz CT molecular complexity index is 914. The Labute approximate surface area is 126 Å². The standard InChI is InChI=1S/C18H13NOS/c20-17(16-7-3-4-9-19-16)15-11-12-5-1-2-6-13(12)14-8-10-21-18(14)15/h1-11,17,20H. The molecule has 102 valence electrons. The van der Waals surface area contributed by atoms with E-state index in [0.717, 1.165) is 15.6 Å². The van der Waals surface area contributed by atoms with Crippen molar-refractivity contribution in [1.29, 1.82) is 0 Å². The van der Waals surface area contributed by atoms with Gasteiger partial charge in [-0.05, 0) is 40.4 Å². The lowest BCUT2D eigenvalue weighted by atomic mass is 9.98. The van der Waals surface area contributed by atoms with Gasteiger partial charge < -0.3 is 5.11 Å². The van der Waals surface area contributed by atoms with Crippen LogP contribution in [-0.2, 0) is 0 Å². The van der Waals surface area contributed by atoms with Gasteiger partial charge in [-0.2, -0.15) is 0 Å². The summed E-state index contributed by atoms with van der Waals surface area (Å²) in [7, 11) is 0. The van der Waals surface area contributed by atoms with Crippen molar-refractivity contribution in [2.24, 2.45) is 0 Å². The number of hydrogen-bond acceptors (Lipinski definition) is 3. The first kappa shape index (κ1) is 12.5. The predicted octanol–water partition coefficient (Wildman–Crippen LogP) is 4.53. The summed E-state index contributed by atoms with van der Waals surface area (Å²) in [6.07, 6.45) is 1.02. The molecule has 1 atom stereocenters. The van der Waals surface area contributed by atoms with Gasteiger partial charge in [0, 0.05) is 21.8 Å². The van der Waals surface area contributed by atoms with Crippen molar-refractivity contribution in [3.8, 4) is 0 Å². The first-order chi connectivity index (χ1) is 10.3. The van der Waals surface area contributed by atoms with Crippen LogP contribution in [0.1, 0.15) is 17.4 Å². The Morgan fingerprint density at radius 2 is 1.81 bits per heavy atom. The summed E-state index contributed by atoms with van der Waals surface area (Å²) < 4.78 is 1.13. The van der Waals surface area contributed by atoms with Crippen LogP contribution in [0.5, 0.6) is 0 Å². The highest BCUT2D eigenvalue weighted by Crippen LogP contribution is 2.36. The lowest BCUT2D eigenvalue weighted by molar-refractivity contribution is 0.217. The third-order valence-electron chi connectivity index (χ3n) is 3.75. The fourth-order valence-corrected chi connectivity index (χ4v) is 3.70. The minimum Gasteiger partial charge on any atom is -0.382 e. The number of nitrogens with zero attached hydrogens (tertiary/aromatic N) is 1. The number of benzene rings is 2. The summed E-state index contributed by atoms with van der Waals surface area (Å²) >= 11 is 1.66. The quantitative estimate of drug-likeness (QED) is 0.588. The van der Waals surface area contributed by atoms with Gasteiger partial charge in [0.05, 0.1) is 5.69 Å². The van der Waals surface area contributed by atoms with Gasteiger partial charge in [0.1, 0.15) is 6.10 Å². The first-order valence-electron chi connectivity index (χ1n) is 6.82. The number of hydrogen-bond donors (Lipinski definition) is 1. The summed E-state index contributed by atoms with van der Waals surface area (Å²) in [6, 6.07) is 18.1. The van der Waals surface area contributed by atoms with Gasteiger partial charge in [0.2, 0.25) is 0 Å². The predicted molar refractivity (Wildman–Crippen MR) is 87.6 cm³/mol. The minimum atomic E-state index is -0.697. The van der Waals surface area contributed by atoms with Gasteiger partial charge in [-0.15, -0.1) is 11.3 Å². The maximum Gasteiger partial charge on any atom is 0.122 e. The molecule has 0 radical (unpaired) electrons. The Balaban J connectivity index is 2.01. The molecule has 1 N–H and O–H groups in total. The fraction of sp³-hybridized carbons (Fsp3) is 0.0556. The van der Waals surface area contributed by atoms with Crippen molar-refractivity contribution in [2.45, 2.75) is 6.10 Å². The molecule has 2 aromatic carbocycles. The second-order valence-electron chi connectivity index (χ2n) is 5.01. The normalized spacial score (nSPS) is 12.8. The lowest BCUT2D eigenvalue weighted by Gasteiger charge is -2.13. The minimum absolute atomic E-state index is 0.683. The number of aromatic nitrogens is 1. The van der Waals surface area contributed by atoms with Crippen LogP contribution in [0.25, 0.3) is 20.9 Å². The molecule has 0 aliphatic carbocycles. The third-order valence-corrected chi connectivity index (χ3v) is 4.72. The van der Waals surface area contributed by atoms with Crippen molar-refractivity contribution < 1.29 is 5.11 Å². The smallest absolute Gasteiger partial charge is 0.122 e. The maximum atomic E-state index is 10.7. The summed E-state index contributed by atoms with van der Waals surface area (Å²) in [4.78, 5) is 4.28. The van der Waals surface area contributed by atoms with Gasteiger partial charge >= 0.3 is 0 Å². The molecule has 0 amide bonds. The first-order valence-corrected chi connectivity index (χ1v) is 7.70. The van der Waals surface area contributed by atoms with Crippen LogP contribution in [0, 0.1) is 0 Å². The van der Waals surface area contributed by atoms with Crippen molar-refractivity contribution in [3.05, 3.63) is 77.4 Å². The molecule has 0 bridgehead atoms. The van der Waals surface area contributed by atoms with E-state index in [1.54, 1.807) is 17.5 Å². The van der Waals surface area contributed by atoms with Crippen molar-refractivity contribution in [1.82, 2.24) is 4.98 Å². The molecular weight excluding hydrogens is 278 g/mol. The van der Waals surface area contributed by atoms with E-state index < -0.39 is 6.10 Å². The van der Waals surface area contributed by atoms with Gasteiger partial charge in [-0.1, -0.05) is 30.3 Å². The summed E-state index contributed by atoms with van der Waals surface area (Å²) in [6.45, 7) is 0. The number of aliphatic hydroxyl groups is 1. The van der Waals surface area contributed by atoms with Crippen LogP contribution in [0.4, 0.5) is 0 Å². The molecule has 0 saturated heterocycles. The molecule has 4 rings (SSSR count). The van der Waals surface area contributed by atoms with Crippen molar-refractivity contribution in [2.75, 3.05) is 0 Å². The van der Waals surface area contributed by atoms with E-state index in [1.807, 2.05) is 30.3 Å². The zero-order chi connectivity index (χ0) is 14.2. The van der Waals surface area contributed by atoms with Gasteiger partial charge in [-0.25, -0.2) is 0 Å². The average molecular weight is 291 g/mol. The van der Waals surface area contributed by atoms with E-state index in [2.05, 4.69) is 34.6 Å². The van der Waals surface area contributed by atoms with Gasteiger partial charge in [-0.3, -0.25) is 4.98 Å². The van der Waals surface area contributed by atoms with Crippen LogP contribution in [0.3, 0.4) is 0 Å². The largest absolute Gasteiger partial charge is 0.382 e. The molecular formula is C18H13NOS. The lowest BCUT2D eigenvalue weighted by Crippen LogP contribution is -2.02. The molecule has 0 fully saturated rings. The topological polar surface area (TPSA) is 33.1 Å². The highest BCUT2D eigenvalue weighted by Gasteiger charge is 2.17. The zero-order valence-corrected chi connectivity index (χ0v) is 12.0. The summed E-state index contributed by atoms with van der Waals surface area (Å²) in [5, 5.41) is 16.4.